The Morgan fingerprint density at radius 3 is 2.69 bits per heavy atom. The molecule has 8 heteroatoms. The van der Waals surface area contributed by atoms with Crippen molar-refractivity contribution in [1.29, 1.82) is 0 Å². The number of nitrogens with one attached hydrogen (secondary N) is 2. The summed E-state index contributed by atoms with van der Waals surface area (Å²) in [6, 6.07) is 10.7. The number of benzene rings is 1. The number of aliphatic hydroxyl groups is 1. The number of rotatable bonds is 11. The van der Waals surface area contributed by atoms with Crippen molar-refractivity contribution in [2.75, 3.05) is 24.4 Å². The van der Waals surface area contributed by atoms with Crippen molar-refractivity contribution in [2.45, 2.75) is 12.5 Å². The van der Waals surface area contributed by atoms with Gasteiger partial charge in [0.2, 0.25) is 0 Å². The van der Waals surface area contributed by atoms with E-state index in [1.54, 1.807) is 36.7 Å². The van der Waals surface area contributed by atoms with Crippen LogP contribution in [0.25, 0.3) is 0 Å². The maximum absolute atomic E-state index is 11.4. The molecule has 0 bridgehead atoms. The first-order valence-corrected chi connectivity index (χ1v) is 9.69. The van der Waals surface area contributed by atoms with Gasteiger partial charge in [0, 0.05) is 23.8 Å². The lowest BCUT2D eigenvalue weighted by molar-refractivity contribution is 0.106. The number of hydrogen-bond donors (Lipinski definition) is 3. The molecule has 3 N–H and O–H groups in total. The molecule has 140 valence electrons. The Labute approximate surface area is 153 Å². The van der Waals surface area contributed by atoms with Gasteiger partial charge >= 0.3 is 0 Å². The lowest BCUT2D eigenvalue weighted by Crippen LogP contribution is -2.32. The molecule has 0 fully saturated rings. The Kier molecular flexibility index (Phi) is 7.58. The molecule has 26 heavy (non-hydrogen) atoms. The lowest BCUT2D eigenvalue weighted by Gasteiger charge is -2.13. The number of anilines is 1. The zero-order valence-corrected chi connectivity index (χ0v) is 15.2. The number of sulfonamides is 1. The van der Waals surface area contributed by atoms with Crippen molar-refractivity contribution in [2.24, 2.45) is 0 Å². The van der Waals surface area contributed by atoms with Crippen molar-refractivity contribution >= 4 is 15.7 Å². The minimum Gasteiger partial charge on any atom is -0.489 e. The summed E-state index contributed by atoms with van der Waals surface area (Å²) in [4.78, 5) is 3.94. The number of aliphatic hydroxyl groups excluding tert-OH is 1. The van der Waals surface area contributed by atoms with E-state index >= 15 is 0 Å². The molecule has 0 aliphatic heterocycles. The van der Waals surface area contributed by atoms with Crippen molar-refractivity contribution in [1.82, 2.24) is 10.3 Å². The van der Waals surface area contributed by atoms with Crippen LogP contribution in [-0.4, -0.2) is 44.3 Å². The van der Waals surface area contributed by atoms with Crippen molar-refractivity contribution < 1.29 is 18.3 Å². The van der Waals surface area contributed by atoms with Gasteiger partial charge in [-0.25, -0.2) is 8.42 Å². The van der Waals surface area contributed by atoms with E-state index in [0.717, 1.165) is 17.4 Å². The summed E-state index contributed by atoms with van der Waals surface area (Å²) in [5.41, 5.74) is 1.55. The van der Waals surface area contributed by atoms with Gasteiger partial charge in [-0.15, -0.1) is 0 Å². The van der Waals surface area contributed by atoms with Gasteiger partial charge in [-0.05, 0) is 42.8 Å². The third-order valence-corrected chi connectivity index (χ3v) is 4.44. The lowest BCUT2D eigenvalue weighted by atomic mass is 10.1. The average Bonchev–Trinajstić information content (AvgIpc) is 2.65. The predicted molar refractivity (Wildman–Crippen MR) is 101 cm³/mol. The van der Waals surface area contributed by atoms with E-state index < -0.39 is 16.1 Å². The molecular weight excluding hydrogens is 354 g/mol. The van der Waals surface area contributed by atoms with Gasteiger partial charge in [0.15, 0.2) is 0 Å². The molecule has 0 unspecified atom stereocenters. The second-order valence-corrected chi connectivity index (χ2v) is 7.25. The number of nitrogens with zero attached hydrogens (tertiary/aromatic N) is 1. The fourth-order valence-corrected chi connectivity index (χ4v) is 2.68. The minimum absolute atomic E-state index is 0.191. The predicted octanol–water partition coefficient (Wildman–Crippen LogP) is 1.54. The SMILES string of the molecule is C=CS(=O)(=O)Nc1ccc(CCNC[C@H](O)COc2cccnc2)cc1. The second kappa shape index (κ2) is 9.91. The zero-order valence-electron chi connectivity index (χ0n) is 14.3. The Balaban J connectivity index is 1.65. The van der Waals surface area contributed by atoms with Crippen LogP contribution < -0.4 is 14.8 Å². The number of ether oxygens (including phenoxy) is 1. The third-order valence-electron chi connectivity index (χ3n) is 3.48. The summed E-state index contributed by atoms with van der Waals surface area (Å²) in [5.74, 6) is 0.624. The Bertz CT molecular complexity index is 780. The first-order chi connectivity index (χ1) is 12.5. The second-order valence-electron chi connectivity index (χ2n) is 5.62. The van der Waals surface area contributed by atoms with Gasteiger partial charge in [-0.1, -0.05) is 18.7 Å². The molecular formula is C18H23N3O4S. The number of aromatic nitrogens is 1. The molecule has 2 rings (SSSR count). The molecule has 0 radical (unpaired) electrons. The molecule has 1 heterocycles. The van der Waals surface area contributed by atoms with E-state index in [4.69, 9.17) is 4.74 Å². The molecule has 7 nitrogen and oxygen atoms in total. The topological polar surface area (TPSA) is 101 Å². The molecule has 1 aromatic carbocycles. The molecule has 0 aliphatic rings. The maximum atomic E-state index is 11.4. The quantitative estimate of drug-likeness (QED) is 0.514. The van der Waals surface area contributed by atoms with Crippen LogP contribution in [0.4, 0.5) is 5.69 Å². The Hall–Kier alpha value is -2.42. The van der Waals surface area contributed by atoms with E-state index in [2.05, 4.69) is 21.6 Å². The van der Waals surface area contributed by atoms with Gasteiger partial charge in [0.05, 0.1) is 6.20 Å². The van der Waals surface area contributed by atoms with Crippen molar-refractivity contribution in [3.63, 3.8) is 0 Å². The molecule has 0 amide bonds. The number of pyridine rings is 1. The highest BCUT2D eigenvalue weighted by Crippen LogP contribution is 2.12. The van der Waals surface area contributed by atoms with Gasteiger partial charge in [-0.2, -0.15) is 0 Å². The maximum Gasteiger partial charge on any atom is 0.254 e. The Morgan fingerprint density at radius 1 is 1.27 bits per heavy atom. The first-order valence-electron chi connectivity index (χ1n) is 8.14. The molecule has 1 atom stereocenters. The number of hydrogen-bond acceptors (Lipinski definition) is 6. The van der Waals surface area contributed by atoms with Crippen molar-refractivity contribution in [3.8, 4) is 5.75 Å². The summed E-state index contributed by atoms with van der Waals surface area (Å²) in [7, 11) is -3.48. The molecule has 0 aliphatic carbocycles. The van der Waals surface area contributed by atoms with E-state index in [-0.39, 0.29) is 6.61 Å². The van der Waals surface area contributed by atoms with Crippen LogP contribution in [0.15, 0.2) is 60.8 Å². The van der Waals surface area contributed by atoms with Crippen LogP contribution >= 0.6 is 0 Å². The van der Waals surface area contributed by atoms with Crippen LogP contribution in [0.3, 0.4) is 0 Å². The fraction of sp³-hybridized carbons (Fsp3) is 0.278. The highest BCUT2D eigenvalue weighted by Gasteiger charge is 2.06. The van der Waals surface area contributed by atoms with E-state index in [0.29, 0.717) is 24.5 Å². The first kappa shape index (κ1) is 19.9. The van der Waals surface area contributed by atoms with E-state index in [1.165, 1.54) is 0 Å². The zero-order chi connectivity index (χ0) is 18.8. The highest BCUT2D eigenvalue weighted by atomic mass is 32.2. The minimum atomic E-state index is -3.48. The fourth-order valence-electron chi connectivity index (χ4n) is 2.13. The van der Waals surface area contributed by atoms with Gasteiger partial charge < -0.3 is 15.2 Å². The van der Waals surface area contributed by atoms with Gasteiger partial charge in [0.25, 0.3) is 10.0 Å². The molecule has 0 saturated carbocycles. The summed E-state index contributed by atoms with van der Waals surface area (Å²) in [5, 5.41) is 13.9. The summed E-state index contributed by atoms with van der Waals surface area (Å²) in [6.07, 6.45) is 3.39. The summed E-state index contributed by atoms with van der Waals surface area (Å²) in [6.45, 7) is 4.54. The third kappa shape index (κ3) is 7.22. The normalized spacial score (nSPS) is 12.3. The summed E-state index contributed by atoms with van der Waals surface area (Å²) < 4.78 is 30.6. The van der Waals surface area contributed by atoms with Crippen LogP contribution in [0, 0.1) is 0 Å². The largest absolute Gasteiger partial charge is 0.489 e. The van der Waals surface area contributed by atoms with Crippen LogP contribution in [0.2, 0.25) is 0 Å². The van der Waals surface area contributed by atoms with Gasteiger partial charge in [-0.3, -0.25) is 9.71 Å². The molecule has 2 aromatic rings. The van der Waals surface area contributed by atoms with E-state index in [1.807, 2.05) is 12.1 Å². The van der Waals surface area contributed by atoms with Crippen molar-refractivity contribution in [3.05, 3.63) is 66.3 Å². The standard InChI is InChI=1S/C18H23N3O4S/c1-2-26(23,24)21-16-7-5-15(6-8-16)9-11-20-12-17(22)14-25-18-4-3-10-19-13-18/h2-8,10,13,17,20-22H,1,9,11-12,14H2/t17-/m0/s1. The van der Waals surface area contributed by atoms with Crippen LogP contribution in [-0.2, 0) is 16.4 Å². The highest BCUT2D eigenvalue weighted by molar-refractivity contribution is 7.95. The smallest absolute Gasteiger partial charge is 0.254 e. The van der Waals surface area contributed by atoms with Crippen LogP contribution in [0.5, 0.6) is 5.75 Å². The Morgan fingerprint density at radius 2 is 2.04 bits per heavy atom. The monoisotopic (exact) mass is 377 g/mol. The molecule has 0 spiro atoms. The van der Waals surface area contributed by atoms with Crippen LogP contribution in [0.1, 0.15) is 5.56 Å². The van der Waals surface area contributed by atoms with E-state index in [9.17, 15) is 13.5 Å². The van der Waals surface area contributed by atoms with Gasteiger partial charge in [0.1, 0.15) is 18.5 Å². The molecule has 1 aromatic heterocycles. The average molecular weight is 377 g/mol. The summed E-state index contributed by atoms with van der Waals surface area (Å²) >= 11 is 0. The molecule has 0 saturated heterocycles.